The molecule has 0 amide bonds. The lowest BCUT2D eigenvalue weighted by Gasteiger charge is -2.20. The maximum atomic E-state index is 14.0. The summed E-state index contributed by atoms with van der Waals surface area (Å²) in [6, 6.07) is 3.26. The molecule has 4 heterocycles. The van der Waals surface area contributed by atoms with E-state index in [0.29, 0.717) is 18.9 Å². The van der Waals surface area contributed by atoms with Crippen molar-refractivity contribution in [3.63, 3.8) is 0 Å². The zero-order valence-corrected chi connectivity index (χ0v) is 16.9. The second-order valence-electron chi connectivity index (χ2n) is 7.57. The summed E-state index contributed by atoms with van der Waals surface area (Å²) in [6.45, 7) is 5.75. The van der Waals surface area contributed by atoms with Crippen LogP contribution in [0.25, 0.3) is 0 Å². The van der Waals surface area contributed by atoms with Crippen molar-refractivity contribution in [2.75, 3.05) is 24.5 Å². The van der Waals surface area contributed by atoms with Crippen LogP contribution >= 0.6 is 0 Å². The van der Waals surface area contributed by atoms with Crippen LogP contribution in [0.1, 0.15) is 44.3 Å². The van der Waals surface area contributed by atoms with Crippen LogP contribution in [0.3, 0.4) is 0 Å². The molecule has 2 aromatic heterocycles. The minimum atomic E-state index is -0.277. The Morgan fingerprint density at radius 2 is 2.21 bits per heavy atom. The number of nitrogens with one attached hydrogen (secondary N) is 2. The predicted octanol–water partition coefficient (Wildman–Crippen LogP) is 1.87. The number of hydrogen-bond acceptors (Lipinski definition) is 5. The second-order valence-corrected chi connectivity index (χ2v) is 7.57. The van der Waals surface area contributed by atoms with E-state index in [4.69, 9.17) is 4.99 Å². The van der Waals surface area contributed by atoms with E-state index in [2.05, 4.69) is 30.4 Å². The number of aryl methyl sites for hydroxylation is 1. The first-order valence-corrected chi connectivity index (χ1v) is 10.6. The first kappa shape index (κ1) is 19.6. The highest BCUT2D eigenvalue weighted by Gasteiger charge is 2.26. The number of fused-ring (bicyclic) bond motifs is 1. The molecule has 1 unspecified atom stereocenters. The predicted molar refractivity (Wildman–Crippen MR) is 110 cm³/mol. The molecule has 29 heavy (non-hydrogen) atoms. The maximum absolute atomic E-state index is 14.0. The maximum Gasteiger partial charge on any atom is 0.191 e. The van der Waals surface area contributed by atoms with Gasteiger partial charge >= 0.3 is 0 Å². The van der Waals surface area contributed by atoms with Crippen molar-refractivity contribution in [1.29, 1.82) is 0 Å². The molecular weight excluding hydrogens is 371 g/mol. The van der Waals surface area contributed by atoms with E-state index in [-0.39, 0.29) is 11.9 Å². The smallest absolute Gasteiger partial charge is 0.191 e. The molecule has 2 aliphatic heterocycles. The van der Waals surface area contributed by atoms with Crippen LogP contribution in [0.4, 0.5) is 10.2 Å². The minimum Gasteiger partial charge on any atom is -0.357 e. The van der Waals surface area contributed by atoms with Gasteiger partial charge in [0.15, 0.2) is 23.4 Å². The van der Waals surface area contributed by atoms with Crippen molar-refractivity contribution in [2.45, 2.75) is 58.2 Å². The summed E-state index contributed by atoms with van der Waals surface area (Å²) in [7, 11) is 0. The van der Waals surface area contributed by atoms with Gasteiger partial charge in [0, 0.05) is 44.8 Å². The van der Waals surface area contributed by atoms with Gasteiger partial charge < -0.3 is 20.1 Å². The number of nitrogens with zero attached hydrogens (tertiary/aromatic N) is 6. The van der Waals surface area contributed by atoms with Gasteiger partial charge in [-0.3, -0.25) is 0 Å². The normalized spacial score (nSPS) is 19.7. The minimum absolute atomic E-state index is 0.185. The number of hydrogen-bond donors (Lipinski definition) is 2. The summed E-state index contributed by atoms with van der Waals surface area (Å²) in [6.07, 6.45) is 7.12. The molecule has 2 N–H and O–H groups in total. The van der Waals surface area contributed by atoms with E-state index in [1.54, 1.807) is 12.3 Å². The quantitative estimate of drug-likeness (QED) is 0.589. The molecule has 2 aliphatic rings. The summed E-state index contributed by atoms with van der Waals surface area (Å²) in [5, 5.41) is 15.5. The number of halogens is 1. The Labute approximate surface area is 170 Å². The average Bonchev–Trinajstić information content (AvgIpc) is 3.27. The van der Waals surface area contributed by atoms with Crippen molar-refractivity contribution in [3.8, 4) is 0 Å². The van der Waals surface area contributed by atoms with Crippen molar-refractivity contribution in [1.82, 2.24) is 30.4 Å². The Morgan fingerprint density at radius 3 is 3.07 bits per heavy atom. The average molecular weight is 401 g/mol. The van der Waals surface area contributed by atoms with E-state index in [1.807, 2.05) is 11.8 Å². The highest BCUT2D eigenvalue weighted by molar-refractivity contribution is 5.80. The van der Waals surface area contributed by atoms with Crippen LogP contribution in [-0.4, -0.2) is 51.4 Å². The number of pyridine rings is 1. The van der Waals surface area contributed by atoms with Crippen molar-refractivity contribution >= 4 is 11.8 Å². The fourth-order valence-electron chi connectivity index (χ4n) is 4.01. The van der Waals surface area contributed by atoms with Crippen LogP contribution in [-0.2, 0) is 19.5 Å². The van der Waals surface area contributed by atoms with Gasteiger partial charge in [0.1, 0.15) is 12.4 Å². The first-order valence-electron chi connectivity index (χ1n) is 10.6. The fraction of sp³-hybridized carbons (Fsp3) is 0.600. The third-order valence-corrected chi connectivity index (χ3v) is 5.48. The third kappa shape index (κ3) is 4.65. The number of aliphatic imine (C=N–C) groups is 1. The van der Waals surface area contributed by atoms with E-state index in [9.17, 15) is 4.39 Å². The Bertz CT molecular complexity index is 849. The van der Waals surface area contributed by atoms with E-state index in [0.717, 1.165) is 50.1 Å². The van der Waals surface area contributed by atoms with Gasteiger partial charge in [0.2, 0.25) is 0 Å². The van der Waals surface area contributed by atoms with Gasteiger partial charge in [-0.05, 0) is 38.3 Å². The lowest BCUT2D eigenvalue weighted by molar-refractivity contribution is 0.602. The molecular formula is C20H29FN8. The molecule has 0 radical (unpaired) electrons. The largest absolute Gasteiger partial charge is 0.357 e. The van der Waals surface area contributed by atoms with Crippen LogP contribution < -0.4 is 15.5 Å². The topological polar surface area (TPSA) is 83.3 Å². The van der Waals surface area contributed by atoms with Gasteiger partial charge in [-0.25, -0.2) is 14.4 Å². The fourth-order valence-corrected chi connectivity index (χ4v) is 4.01. The Morgan fingerprint density at radius 1 is 1.28 bits per heavy atom. The zero-order valence-electron chi connectivity index (χ0n) is 16.9. The summed E-state index contributed by atoms with van der Waals surface area (Å²) in [5.74, 6) is 2.90. The lowest BCUT2D eigenvalue weighted by atomic mass is 10.2. The summed E-state index contributed by atoms with van der Waals surface area (Å²) < 4.78 is 16.2. The number of rotatable bonds is 5. The summed E-state index contributed by atoms with van der Waals surface area (Å²) in [4.78, 5) is 10.9. The molecule has 9 heteroatoms. The number of anilines is 1. The van der Waals surface area contributed by atoms with Crippen LogP contribution in [0, 0.1) is 5.82 Å². The molecule has 8 nitrogen and oxygen atoms in total. The highest BCUT2D eigenvalue weighted by Crippen LogP contribution is 2.21. The first-order chi connectivity index (χ1) is 14.2. The monoisotopic (exact) mass is 400 g/mol. The highest BCUT2D eigenvalue weighted by atomic mass is 19.1. The van der Waals surface area contributed by atoms with Gasteiger partial charge in [-0.2, -0.15) is 0 Å². The van der Waals surface area contributed by atoms with Gasteiger partial charge in [0.05, 0.1) is 0 Å². The molecule has 1 saturated heterocycles. The lowest BCUT2D eigenvalue weighted by Crippen LogP contribution is -2.44. The van der Waals surface area contributed by atoms with Crippen molar-refractivity contribution in [2.24, 2.45) is 4.99 Å². The summed E-state index contributed by atoms with van der Waals surface area (Å²) in [5.41, 5.74) is 0. The molecule has 0 bridgehead atoms. The van der Waals surface area contributed by atoms with Crippen LogP contribution in [0.15, 0.2) is 23.3 Å². The third-order valence-electron chi connectivity index (χ3n) is 5.48. The van der Waals surface area contributed by atoms with Gasteiger partial charge in [0.25, 0.3) is 0 Å². The molecule has 0 spiro atoms. The standard InChI is InChI=1S/C20H29FN8/c1-2-22-20(24-13-18-27-26-17-8-4-3-5-11-29(17)18)25-15-9-12-28(14-15)19-16(21)7-6-10-23-19/h6-7,10,15H,2-5,8-9,11-14H2,1H3,(H2,22,24,25). The SMILES string of the molecule is CCNC(=NCc1nnc2n1CCCCC2)NC1CCN(c2ncccc2F)C1. The molecule has 1 fully saturated rings. The number of aromatic nitrogens is 4. The van der Waals surface area contributed by atoms with Crippen LogP contribution in [0.2, 0.25) is 0 Å². The molecule has 0 aromatic carbocycles. The van der Waals surface area contributed by atoms with Gasteiger partial charge in [-0.15, -0.1) is 10.2 Å². The molecule has 4 rings (SSSR count). The molecule has 1 atom stereocenters. The van der Waals surface area contributed by atoms with Gasteiger partial charge in [-0.1, -0.05) is 6.42 Å². The number of guanidine groups is 1. The Balaban J connectivity index is 1.40. The molecule has 0 aliphatic carbocycles. The van der Waals surface area contributed by atoms with Crippen LogP contribution in [0.5, 0.6) is 0 Å². The van der Waals surface area contributed by atoms with E-state index in [1.165, 1.54) is 25.3 Å². The van der Waals surface area contributed by atoms with E-state index >= 15 is 0 Å². The molecule has 0 saturated carbocycles. The molecule has 156 valence electrons. The van der Waals surface area contributed by atoms with Crippen molar-refractivity contribution < 1.29 is 4.39 Å². The van der Waals surface area contributed by atoms with Crippen molar-refractivity contribution in [3.05, 3.63) is 35.8 Å². The summed E-state index contributed by atoms with van der Waals surface area (Å²) >= 11 is 0. The molecule has 2 aromatic rings. The Kier molecular flexibility index (Phi) is 6.21. The second kappa shape index (κ2) is 9.19. The Hall–Kier alpha value is -2.71. The van der Waals surface area contributed by atoms with E-state index < -0.39 is 0 Å². The zero-order chi connectivity index (χ0) is 20.1.